The maximum Gasteiger partial charge on any atom is 0.116 e. The predicted octanol–water partition coefficient (Wildman–Crippen LogP) is 1.94. The lowest BCUT2D eigenvalue weighted by atomic mass is 10.2. The lowest BCUT2D eigenvalue weighted by molar-refractivity contribution is 0.107. The molecule has 7 heteroatoms. The average molecular weight is 341 g/mol. The summed E-state index contributed by atoms with van der Waals surface area (Å²) >= 11 is 1.52. The van der Waals surface area contributed by atoms with Crippen LogP contribution in [0.25, 0.3) is 10.9 Å². The smallest absolute Gasteiger partial charge is 0.116 e. The summed E-state index contributed by atoms with van der Waals surface area (Å²) in [6, 6.07) is 6.31. The van der Waals surface area contributed by atoms with Gasteiger partial charge in [-0.3, -0.25) is 4.90 Å². The van der Waals surface area contributed by atoms with Crippen molar-refractivity contribution in [1.29, 1.82) is 0 Å². The number of piperazine rings is 1. The lowest BCUT2D eigenvalue weighted by Crippen LogP contribution is -2.47. The van der Waals surface area contributed by atoms with Crippen LogP contribution in [0.1, 0.15) is 11.8 Å². The van der Waals surface area contributed by atoms with Crippen LogP contribution >= 0.6 is 11.3 Å². The molecular formula is C17H19N5OS. The van der Waals surface area contributed by atoms with E-state index in [0.717, 1.165) is 42.8 Å². The van der Waals surface area contributed by atoms with Crippen LogP contribution in [0.2, 0.25) is 0 Å². The van der Waals surface area contributed by atoms with Crippen molar-refractivity contribution in [2.24, 2.45) is 0 Å². The van der Waals surface area contributed by atoms with E-state index in [9.17, 15) is 5.11 Å². The predicted molar refractivity (Wildman–Crippen MR) is 95.3 cm³/mol. The van der Waals surface area contributed by atoms with Crippen molar-refractivity contribution in [3.8, 4) is 0 Å². The standard InChI is InChI=1S/C17H19N5OS/c23-17(16-10-24-12-20-16)9-21-3-5-22(6-4-21)14-1-2-15-13(7-14)8-18-11-19-15/h1-2,7-8,10-12,17,23H,3-6,9H2. The van der Waals surface area contributed by atoms with E-state index in [-0.39, 0.29) is 0 Å². The van der Waals surface area contributed by atoms with Crippen LogP contribution in [0.5, 0.6) is 0 Å². The van der Waals surface area contributed by atoms with Gasteiger partial charge in [0.1, 0.15) is 12.4 Å². The zero-order valence-electron chi connectivity index (χ0n) is 13.2. The van der Waals surface area contributed by atoms with E-state index in [0.29, 0.717) is 6.54 Å². The third-order valence-electron chi connectivity index (χ3n) is 4.45. The number of fused-ring (bicyclic) bond motifs is 1. The first-order valence-corrected chi connectivity index (χ1v) is 8.97. The number of nitrogens with zero attached hydrogens (tertiary/aromatic N) is 5. The molecule has 0 spiro atoms. The summed E-state index contributed by atoms with van der Waals surface area (Å²) in [6.45, 7) is 4.41. The summed E-state index contributed by atoms with van der Waals surface area (Å²) in [5.41, 5.74) is 4.72. The third-order valence-corrected chi connectivity index (χ3v) is 5.05. The first-order valence-electron chi connectivity index (χ1n) is 8.03. The Kier molecular flexibility index (Phi) is 4.38. The monoisotopic (exact) mass is 341 g/mol. The number of β-amino-alcohol motifs (C(OH)–C–C–N with tert-alkyl or cyclic N) is 1. The molecule has 1 aliphatic heterocycles. The Labute approximate surface area is 144 Å². The van der Waals surface area contributed by atoms with Gasteiger partial charge in [0.15, 0.2) is 0 Å². The number of aliphatic hydroxyl groups excluding tert-OH is 1. The summed E-state index contributed by atoms with van der Waals surface area (Å²) in [5, 5.41) is 13.2. The molecule has 24 heavy (non-hydrogen) atoms. The molecule has 1 atom stereocenters. The normalized spacial score (nSPS) is 17.3. The number of aliphatic hydroxyl groups is 1. The van der Waals surface area contributed by atoms with Gasteiger partial charge in [-0.1, -0.05) is 0 Å². The zero-order valence-corrected chi connectivity index (χ0v) is 14.1. The van der Waals surface area contributed by atoms with E-state index in [2.05, 4.69) is 36.9 Å². The molecule has 0 bridgehead atoms. The highest BCUT2D eigenvalue weighted by molar-refractivity contribution is 7.07. The maximum absolute atomic E-state index is 10.2. The van der Waals surface area contributed by atoms with Crippen molar-refractivity contribution in [2.45, 2.75) is 6.10 Å². The molecule has 1 saturated heterocycles. The largest absolute Gasteiger partial charge is 0.385 e. The number of hydrogen-bond donors (Lipinski definition) is 1. The van der Waals surface area contributed by atoms with E-state index < -0.39 is 6.10 Å². The fraction of sp³-hybridized carbons (Fsp3) is 0.353. The Bertz CT molecular complexity index is 802. The second-order valence-corrected chi connectivity index (χ2v) is 6.70. The molecule has 3 aromatic rings. The topological polar surface area (TPSA) is 65.4 Å². The summed E-state index contributed by atoms with van der Waals surface area (Å²) in [5.74, 6) is 0. The molecule has 0 aliphatic carbocycles. The van der Waals surface area contributed by atoms with E-state index in [1.807, 2.05) is 17.6 Å². The quantitative estimate of drug-likeness (QED) is 0.782. The fourth-order valence-electron chi connectivity index (χ4n) is 3.08. The SMILES string of the molecule is OC(CN1CCN(c2ccc3ncncc3c2)CC1)c1cscn1. The number of benzene rings is 1. The molecule has 0 amide bonds. The minimum Gasteiger partial charge on any atom is -0.385 e. The van der Waals surface area contributed by atoms with Crippen molar-refractivity contribution in [3.63, 3.8) is 0 Å². The van der Waals surface area contributed by atoms with Gasteiger partial charge >= 0.3 is 0 Å². The van der Waals surface area contributed by atoms with Crippen LogP contribution in [-0.4, -0.2) is 57.7 Å². The molecule has 1 fully saturated rings. The molecule has 0 saturated carbocycles. The van der Waals surface area contributed by atoms with Crippen molar-refractivity contribution in [3.05, 3.63) is 47.3 Å². The first-order chi connectivity index (χ1) is 11.8. The number of aromatic nitrogens is 3. The van der Waals surface area contributed by atoms with Crippen LogP contribution in [0.3, 0.4) is 0 Å². The van der Waals surface area contributed by atoms with Crippen molar-refractivity contribution in [2.75, 3.05) is 37.6 Å². The van der Waals surface area contributed by atoms with E-state index >= 15 is 0 Å². The van der Waals surface area contributed by atoms with Crippen molar-refractivity contribution >= 4 is 27.9 Å². The van der Waals surface area contributed by atoms with Gasteiger partial charge < -0.3 is 10.0 Å². The molecule has 4 rings (SSSR count). The number of anilines is 1. The highest BCUT2D eigenvalue weighted by atomic mass is 32.1. The van der Waals surface area contributed by atoms with E-state index in [1.54, 1.807) is 11.8 Å². The second-order valence-electron chi connectivity index (χ2n) is 5.98. The Hall–Kier alpha value is -2.09. The van der Waals surface area contributed by atoms with Gasteiger partial charge in [0.2, 0.25) is 0 Å². The minimum absolute atomic E-state index is 0.499. The number of hydrogen-bond acceptors (Lipinski definition) is 7. The summed E-state index contributed by atoms with van der Waals surface area (Å²) in [7, 11) is 0. The molecular weight excluding hydrogens is 322 g/mol. The van der Waals surface area contributed by atoms with Gasteiger partial charge in [-0.05, 0) is 18.2 Å². The van der Waals surface area contributed by atoms with Gasteiger partial charge in [0, 0.05) is 55.4 Å². The molecule has 1 unspecified atom stereocenters. The zero-order chi connectivity index (χ0) is 16.4. The van der Waals surface area contributed by atoms with Gasteiger partial charge in [0.05, 0.1) is 16.7 Å². The van der Waals surface area contributed by atoms with E-state index in [4.69, 9.17) is 0 Å². The van der Waals surface area contributed by atoms with Gasteiger partial charge in [-0.25, -0.2) is 15.0 Å². The highest BCUT2D eigenvalue weighted by Crippen LogP contribution is 2.22. The van der Waals surface area contributed by atoms with Crippen LogP contribution in [-0.2, 0) is 0 Å². The summed E-state index contributed by atoms with van der Waals surface area (Å²) in [6.07, 6.45) is 2.93. The Balaban J connectivity index is 1.38. The fourth-order valence-corrected chi connectivity index (χ4v) is 3.68. The van der Waals surface area contributed by atoms with Crippen LogP contribution < -0.4 is 4.90 Å². The molecule has 6 nitrogen and oxygen atoms in total. The van der Waals surface area contributed by atoms with Crippen molar-refractivity contribution < 1.29 is 5.11 Å². The average Bonchev–Trinajstić information content (AvgIpc) is 3.17. The van der Waals surface area contributed by atoms with Crippen LogP contribution in [0, 0.1) is 0 Å². The van der Waals surface area contributed by atoms with E-state index in [1.165, 1.54) is 17.0 Å². The van der Waals surface area contributed by atoms with Crippen LogP contribution in [0.4, 0.5) is 5.69 Å². The minimum atomic E-state index is -0.499. The molecule has 124 valence electrons. The summed E-state index contributed by atoms with van der Waals surface area (Å²) < 4.78 is 0. The number of thiazole rings is 1. The lowest BCUT2D eigenvalue weighted by Gasteiger charge is -2.36. The van der Waals surface area contributed by atoms with Gasteiger partial charge in [0.25, 0.3) is 0 Å². The molecule has 1 aromatic carbocycles. The van der Waals surface area contributed by atoms with Crippen LogP contribution in [0.15, 0.2) is 41.6 Å². The first kappa shape index (κ1) is 15.4. The highest BCUT2D eigenvalue weighted by Gasteiger charge is 2.21. The van der Waals surface area contributed by atoms with Gasteiger partial charge in [-0.15, -0.1) is 11.3 Å². The molecule has 1 N–H and O–H groups in total. The Morgan fingerprint density at radius 1 is 1.17 bits per heavy atom. The molecule has 1 aliphatic rings. The number of rotatable bonds is 4. The summed E-state index contributed by atoms with van der Waals surface area (Å²) in [4.78, 5) is 17.2. The second kappa shape index (κ2) is 6.80. The Morgan fingerprint density at radius 3 is 2.83 bits per heavy atom. The molecule has 0 radical (unpaired) electrons. The molecule has 2 aromatic heterocycles. The Morgan fingerprint density at radius 2 is 2.04 bits per heavy atom. The van der Waals surface area contributed by atoms with Crippen molar-refractivity contribution in [1.82, 2.24) is 19.9 Å². The third kappa shape index (κ3) is 3.24. The molecule has 3 heterocycles. The van der Waals surface area contributed by atoms with Gasteiger partial charge in [-0.2, -0.15) is 0 Å². The maximum atomic E-state index is 10.2.